The summed E-state index contributed by atoms with van der Waals surface area (Å²) in [4.78, 5) is 24.5. The van der Waals surface area contributed by atoms with Gasteiger partial charge in [0.15, 0.2) is 0 Å². The third kappa shape index (κ3) is 3.88. The largest absolute Gasteiger partial charge is 0.478 e. The highest BCUT2D eigenvalue weighted by atomic mass is 16.4. The van der Waals surface area contributed by atoms with Gasteiger partial charge in [-0.05, 0) is 31.0 Å². The molecule has 20 heavy (non-hydrogen) atoms. The number of anilines is 2. The van der Waals surface area contributed by atoms with Crippen LogP contribution in [0.25, 0.3) is 0 Å². The molecule has 0 bridgehead atoms. The molecule has 6 heteroatoms. The average Bonchev–Trinajstić information content (AvgIpc) is 2.38. The van der Waals surface area contributed by atoms with Crippen molar-refractivity contribution in [1.82, 2.24) is 5.32 Å². The number of carboxylic acids is 1. The molecule has 0 atom stereocenters. The van der Waals surface area contributed by atoms with Gasteiger partial charge in [-0.1, -0.05) is 6.92 Å². The zero-order chi connectivity index (χ0) is 15.3. The van der Waals surface area contributed by atoms with Crippen molar-refractivity contribution in [2.24, 2.45) is 0 Å². The summed E-state index contributed by atoms with van der Waals surface area (Å²) in [6, 6.07) is 3.26. The molecular formula is C14H21N3O3. The first-order chi connectivity index (χ1) is 9.36. The predicted octanol–water partition coefficient (Wildman–Crippen LogP) is 1.24. The number of hydrogen-bond donors (Lipinski definition) is 3. The molecule has 0 saturated heterocycles. The zero-order valence-electron chi connectivity index (χ0n) is 12.1. The molecule has 1 aromatic rings. The van der Waals surface area contributed by atoms with E-state index in [0.29, 0.717) is 17.8 Å². The first-order valence-corrected chi connectivity index (χ1v) is 6.48. The number of rotatable bonds is 6. The summed E-state index contributed by atoms with van der Waals surface area (Å²) in [5, 5.41) is 11.9. The van der Waals surface area contributed by atoms with E-state index in [1.807, 2.05) is 6.92 Å². The summed E-state index contributed by atoms with van der Waals surface area (Å²) in [5.41, 5.74) is 7.39. The highest BCUT2D eigenvalue weighted by molar-refractivity contribution is 5.96. The van der Waals surface area contributed by atoms with E-state index in [1.54, 1.807) is 24.9 Å². The van der Waals surface area contributed by atoms with Crippen LogP contribution in [0.3, 0.4) is 0 Å². The van der Waals surface area contributed by atoms with Gasteiger partial charge in [0.25, 0.3) is 0 Å². The summed E-state index contributed by atoms with van der Waals surface area (Å²) in [7, 11) is 1.74. The maximum Gasteiger partial charge on any atom is 0.337 e. The Kier molecular flexibility index (Phi) is 5.37. The average molecular weight is 279 g/mol. The van der Waals surface area contributed by atoms with Crippen molar-refractivity contribution >= 4 is 23.3 Å². The second-order valence-corrected chi connectivity index (χ2v) is 4.74. The lowest BCUT2D eigenvalue weighted by Crippen LogP contribution is -2.35. The lowest BCUT2D eigenvalue weighted by molar-refractivity contribution is -0.119. The van der Waals surface area contributed by atoms with Crippen molar-refractivity contribution in [2.45, 2.75) is 20.3 Å². The Bertz CT molecular complexity index is 515. The van der Waals surface area contributed by atoms with Gasteiger partial charge in [0, 0.05) is 25.0 Å². The summed E-state index contributed by atoms with van der Waals surface area (Å²) >= 11 is 0. The van der Waals surface area contributed by atoms with Crippen LogP contribution in [0, 0.1) is 6.92 Å². The van der Waals surface area contributed by atoms with Gasteiger partial charge in [0.05, 0.1) is 12.1 Å². The van der Waals surface area contributed by atoms with E-state index in [-0.39, 0.29) is 23.7 Å². The number of nitrogens with two attached hydrogens (primary N) is 1. The van der Waals surface area contributed by atoms with Crippen LogP contribution in [-0.4, -0.2) is 37.1 Å². The molecule has 1 amide bonds. The second kappa shape index (κ2) is 6.79. The van der Waals surface area contributed by atoms with Gasteiger partial charge in [-0.2, -0.15) is 0 Å². The molecule has 4 N–H and O–H groups in total. The van der Waals surface area contributed by atoms with Crippen LogP contribution >= 0.6 is 0 Å². The SMILES string of the molecule is CCCNC(=O)CN(C)c1cc(C)c(N)c(C(=O)O)c1. The molecule has 0 aliphatic heterocycles. The number of hydrogen-bond acceptors (Lipinski definition) is 4. The maximum absolute atomic E-state index is 11.7. The Morgan fingerprint density at radius 1 is 1.40 bits per heavy atom. The number of aromatic carboxylic acids is 1. The van der Waals surface area contributed by atoms with Crippen LogP contribution in [0.15, 0.2) is 12.1 Å². The number of carbonyl (C=O) groups excluding carboxylic acids is 1. The van der Waals surface area contributed by atoms with Gasteiger partial charge in [0.2, 0.25) is 5.91 Å². The predicted molar refractivity (Wildman–Crippen MR) is 79.1 cm³/mol. The highest BCUT2D eigenvalue weighted by Crippen LogP contribution is 2.24. The van der Waals surface area contributed by atoms with Crippen molar-refractivity contribution in [1.29, 1.82) is 0 Å². The standard InChI is InChI=1S/C14H21N3O3/c1-4-5-16-12(18)8-17(3)10-6-9(2)13(15)11(7-10)14(19)20/h6-7H,4-5,8,15H2,1-3H3,(H,16,18)(H,19,20). The Balaban J connectivity index is 2.91. The topological polar surface area (TPSA) is 95.7 Å². The normalized spacial score (nSPS) is 10.2. The number of nitrogens with one attached hydrogen (secondary N) is 1. The molecule has 0 unspecified atom stereocenters. The molecule has 0 saturated carbocycles. The van der Waals surface area contributed by atoms with E-state index < -0.39 is 5.97 Å². The van der Waals surface area contributed by atoms with Gasteiger partial charge in [-0.25, -0.2) is 4.79 Å². The van der Waals surface area contributed by atoms with E-state index in [0.717, 1.165) is 6.42 Å². The molecule has 0 fully saturated rings. The monoisotopic (exact) mass is 279 g/mol. The second-order valence-electron chi connectivity index (χ2n) is 4.74. The van der Waals surface area contributed by atoms with E-state index in [4.69, 9.17) is 10.8 Å². The van der Waals surface area contributed by atoms with E-state index in [1.165, 1.54) is 6.07 Å². The van der Waals surface area contributed by atoms with E-state index in [2.05, 4.69) is 5.32 Å². The summed E-state index contributed by atoms with van der Waals surface area (Å²) in [6.45, 7) is 4.53. The molecule has 0 aromatic heterocycles. The summed E-state index contributed by atoms with van der Waals surface area (Å²) in [5.74, 6) is -1.17. The van der Waals surface area contributed by atoms with Crippen LogP contribution in [0.5, 0.6) is 0 Å². The Morgan fingerprint density at radius 2 is 2.05 bits per heavy atom. The van der Waals surface area contributed by atoms with Gasteiger partial charge in [-0.15, -0.1) is 0 Å². The number of carbonyl (C=O) groups is 2. The van der Waals surface area contributed by atoms with Crippen molar-refractivity contribution in [3.8, 4) is 0 Å². The third-order valence-electron chi connectivity index (χ3n) is 3.00. The minimum absolute atomic E-state index is 0.0563. The number of nitrogens with zero attached hydrogens (tertiary/aromatic N) is 1. The fraction of sp³-hybridized carbons (Fsp3) is 0.429. The van der Waals surface area contributed by atoms with Crippen LogP contribution in [0.4, 0.5) is 11.4 Å². The fourth-order valence-electron chi connectivity index (χ4n) is 1.80. The molecule has 0 heterocycles. The van der Waals surface area contributed by atoms with Crippen molar-refractivity contribution in [3.63, 3.8) is 0 Å². The van der Waals surface area contributed by atoms with Crippen LogP contribution < -0.4 is 16.0 Å². The minimum Gasteiger partial charge on any atom is -0.478 e. The quantitative estimate of drug-likeness (QED) is 0.681. The number of aryl methyl sites for hydroxylation is 1. The van der Waals surface area contributed by atoms with Gasteiger partial charge in [-0.3, -0.25) is 4.79 Å². The molecule has 0 spiro atoms. The maximum atomic E-state index is 11.7. The van der Waals surface area contributed by atoms with Crippen LogP contribution in [0.2, 0.25) is 0 Å². The van der Waals surface area contributed by atoms with Crippen LogP contribution in [-0.2, 0) is 4.79 Å². The molecule has 110 valence electrons. The van der Waals surface area contributed by atoms with E-state index >= 15 is 0 Å². The number of benzene rings is 1. The smallest absolute Gasteiger partial charge is 0.337 e. The number of amides is 1. The molecule has 0 radical (unpaired) electrons. The van der Waals surface area contributed by atoms with E-state index in [9.17, 15) is 9.59 Å². The fourth-order valence-corrected chi connectivity index (χ4v) is 1.80. The summed E-state index contributed by atoms with van der Waals surface area (Å²) in [6.07, 6.45) is 0.875. The molecule has 1 rings (SSSR count). The van der Waals surface area contributed by atoms with Gasteiger partial charge in [0.1, 0.15) is 0 Å². The molecule has 6 nitrogen and oxygen atoms in total. The van der Waals surface area contributed by atoms with Crippen molar-refractivity contribution < 1.29 is 14.7 Å². The van der Waals surface area contributed by atoms with Gasteiger partial charge < -0.3 is 21.1 Å². The zero-order valence-corrected chi connectivity index (χ0v) is 12.1. The Morgan fingerprint density at radius 3 is 2.60 bits per heavy atom. The van der Waals surface area contributed by atoms with Gasteiger partial charge >= 0.3 is 5.97 Å². The molecule has 0 aliphatic rings. The first-order valence-electron chi connectivity index (χ1n) is 6.48. The number of likely N-dealkylation sites (N-methyl/N-ethyl adjacent to an activating group) is 1. The third-order valence-corrected chi connectivity index (χ3v) is 3.00. The lowest BCUT2D eigenvalue weighted by atomic mass is 10.1. The lowest BCUT2D eigenvalue weighted by Gasteiger charge is -2.20. The van der Waals surface area contributed by atoms with Crippen molar-refractivity contribution in [2.75, 3.05) is 30.8 Å². The molecule has 1 aromatic carbocycles. The minimum atomic E-state index is -1.07. The van der Waals surface area contributed by atoms with Crippen LogP contribution in [0.1, 0.15) is 29.3 Å². The molecular weight excluding hydrogens is 258 g/mol. The number of nitrogen functional groups attached to an aromatic ring is 1. The first kappa shape index (κ1) is 15.8. The Hall–Kier alpha value is -2.24. The number of carboxylic acid groups (broad SMARTS) is 1. The highest BCUT2D eigenvalue weighted by Gasteiger charge is 2.14. The Labute approximate surface area is 118 Å². The summed E-state index contributed by atoms with van der Waals surface area (Å²) < 4.78 is 0. The molecule has 0 aliphatic carbocycles. The van der Waals surface area contributed by atoms with Crippen molar-refractivity contribution in [3.05, 3.63) is 23.3 Å².